The first-order chi connectivity index (χ1) is 6.76. The fourth-order valence-corrected chi connectivity index (χ4v) is 1.07. The van der Waals surface area contributed by atoms with Crippen molar-refractivity contribution in [3.63, 3.8) is 0 Å². The molecule has 0 amide bonds. The van der Waals surface area contributed by atoms with Gasteiger partial charge in [-0.2, -0.15) is 10.5 Å². The number of ether oxygens (including phenoxy) is 2. The van der Waals surface area contributed by atoms with E-state index in [2.05, 4.69) is 0 Å². The normalized spacial score (nSPS) is 8.57. The van der Waals surface area contributed by atoms with Crippen molar-refractivity contribution in [1.29, 1.82) is 10.5 Å². The predicted octanol–water partition coefficient (Wildman–Crippen LogP) is 1.45. The lowest BCUT2D eigenvalue weighted by Gasteiger charge is -2.06. The predicted molar refractivity (Wildman–Crippen MR) is 49.0 cm³/mol. The van der Waals surface area contributed by atoms with Crippen LogP contribution in [0.1, 0.15) is 11.1 Å². The quantitative estimate of drug-likeness (QED) is 0.704. The summed E-state index contributed by atoms with van der Waals surface area (Å²) in [5.74, 6) is 0.759. The summed E-state index contributed by atoms with van der Waals surface area (Å²) in [5.41, 5.74) is 0.701. The molecule has 70 valence electrons. The van der Waals surface area contributed by atoms with Crippen molar-refractivity contribution >= 4 is 0 Å². The van der Waals surface area contributed by atoms with Crippen LogP contribution in [0.25, 0.3) is 0 Å². The minimum atomic E-state index is 0.350. The van der Waals surface area contributed by atoms with E-state index in [1.807, 2.05) is 12.1 Å². The fourth-order valence-electron chi connectivity index (χ4n) is 1.07. The van der Waals surface area contributed by atoms with Crippen LogP contribution < -0.4 is 9.47 Å². The van der Waals surface area contributed by atoms with Crippen LogP contribution in [0.3, 0.4) is 0 Å². The molecule has 1 aromatic carbocycles. The number of nitrogens with zero attached hydrogens (tertiary/aromatic N) is 2. The summed E-state index contributed by atoms with van der Waals surface area (Å²) in [6.07, 6.45) is 0. The second-order valence-corrected chi connectivity index (χ2v) is 2.48. The number of hydrogen-bond donors (Lipinski definition) is 0. The molecule has 1 aromatic rings. The zero-order valence-electron chi connectivity index (χ0n) is 7.87. The molecule has 14 heavy (non-hydrogen) atoms. The van der Waals surface area contributed by atoms with Gasteiger partial charge in [-0.3, -0.25) is 0 Å². The lowest BCUT2D eigenvalue weighted by molar-refractivity contribution is 0.401. The van der Waals surface area contributed by atoms with Crippen LogP contribution in [-0.4, -0.2) is 14.2 Å². The molecule has 0 N–H and O–H groups in total. The molecule has 4 nitrogen and oxygen atoms in total. The maximum atomic E-state index is 8.76. The van der Waals surface area contributed by atoms with Crippen molar-refractivity contribution in [2.75, 3.05) is 14.2 Å². The van der Waals surface area contributed by atoms with Gasteiger partial charge in [0.2, 0.25) is 0 Å². The van der Waals surface area contributed by atoms with Crippen LogP contribution in [0, 0.1) is 22.7 Å². The highest BCUT2D eigenvalue weighted by Gasteiger charge is 2.09. The first kappa shape index (κ1) is 9.88. The van der Waals surface area contributed by atoms with Gasteiger partial charge in [-0.15, -0.1) is 0 Å². The van der Waals surface area contributed by atoms with Gasteiger partial charge in [-0.25, -0.2) is 0 Å². The van der Waals surface area contributed by atoms with Crippen molar-refractivity contribution in [3.05, 3.63) is 23.3 Å². The number of methoxy groups -OCH3 is 2. The molecule has 0 aliphatic rings. The highest BCUT2D eigenvalue weighted by atomic mass is 16.5. The maximum Gasteiger partial charge on any atom is 0.138 e. The van der Waals surface area contributed by atoms with Gasteiger partial charge < -0.3 is 9.47 Å². The summed E-state index contributed by atoms with van der Waals surface area (Å²) in [4.78, 5) is 0. The van der Waals surface area contributed by atoms with Gasteiger partial charge in [0.25, 0.3) is 0 Å². The molecule has 0 bridgehead atoms. The van der Waals surface area contributed by atoms with E-state index in [1.165, 1.54) is 26.4 Å². The molecule has 0 fully saturated rings. The summed E-state index contributed by atoms with van der Waals surface area (Å²) < 4.78 is 9.90. The molecule has 0 saturated heterocycles. The average Bonchev–Trinajstić information content (AvgIpc) is 2.26. The standard InChI is InChI=1S/C10H8N2O2/c1-13-9-3-8(6-12)10(14-2)4-7(9)5-11/h3-4H,1-2H3. The fraction of sp³-hybridized carbons (Fsp3) is 0.200. The maximum absolute atomic E-state index is 8.76. The third kappa shape index (κ3) is 1.60. The van der Waals surface area contributed by atoms with Crippen molar-refractivity contribution in [2.24, 2.45) is 0 Å². The van der Waals surface area contributed by atoms with E-state index in [0.29, 0.717) is 22.6 Å². The molecule has 4 heteroatoms. The topological polar surface area (TPSA) is 66.0 Å². The number of benzene rings is 1. The zero-order chi connectivity index (χ0) is 10.6. The second-order valence-electron chi connectivity index (χ2n) is 2.48. The van der Waals surface area contributed by atoms with E-state index in [4.69, 9.17) is 20.0 Å². The lowest BCUT2D eigenvalue weighted by Crippen LogP contribution is -1.93. The minimum absolute atomic E-state index is 0.350. The van der Waals surface area contributed by atoms with Crippen LogP contribution in [0.5, 0.6) is 11.5 Å². The molecule has 0 unspecified atom stereocenters. The Balaban J connectivity index is 3.39. The highest BCUT2D eigenvalue weighted by molar-refractivity contribution is 5.55. The summed E-state index contributed by atoms with van der Waals surface area (Å²) >= 11 is 0. The molecule has 0 radical (unpaired) electrons. The van der Waals surface area contributed by atoms with Crippen molar-refractivity contribution in [1.82, 2.24) is 0 Å². The van der Waals surface area contributed by atoms with Crippen LogP contribution in [0.15, 0.2) is 12.1 Å². The molecular formula is C10H8N2O2. The van der Waals surface area contributed by atoms with Crippen molar-refractivity contribution in [3.8, 4) is 23.6 Å². The molecular weight excluding hydrogens is 180 g/mol. The van der Waals surface area contributed by atoms with Gasteiger partial charge in [0.1, 0.15) is 23.6 Å². The summed E-state index contributed by atoms with van der Waals surface area (Å²) in [7, 11) is 2.90. The summed E-state index contributed by atoms with van der Waals surface area (Å²) in [6.45, 7) is 0. The first-order valence-electron chi connectivity index (χ1n) is 3.83. The van der Waals surface area contributed by atoms with Gasteiger partial charge >= 0.3 is 0 Å². The Morgan fingerprint density at radius 2 is 1.29 bits per heavy atom. The molecule has 0 heterocycles. The van der Waals surface area contributed by atoms with E-state index in [0.717, 1.165) is 0 Å². The van der Waals surface area contributed by atoms with Gasteiger partial charge in [-0.05, 0) is 0 Å². The highest BCUT2D eigenvalue weighted by Crippen LogP contribution is 2.27. The van der Waals surface area contributed by atoms with E-state index in [9.17, 15) is 0 Å². The first-order valence-corrected chi connectivity index (χ1v) is 3.83. The molecule has 0 atom stereocenters. The van der Waals surface area contributed by atoms with E-state index in [1.54, 1.807) is 0 Å². The second kappa shape index (κ2) is 4.15. The van der Waals surface area contributed by atoms with Crippen LogP contribution in [-0.2, 0) is 0 Å². The molecule has 0 aliphatic heterocycles. The Morgan fingerprint density at radius 1 is 0.929 bits per heavy atom. The van der Waals surface area contributed by atoms with Crippen LogP contribution in [0.2, 0.25) is 0 Å². The van der Waals surface area contributed by atoms with Crippen molar-refractivity contribution < 1.29 is 9.47 Å². The summed E-state index contributed by atoms with van der Waals surface area (Å²) in [6, 6.07) is 6.88. The molecule has 0 spiro atoms. The smallest absolute Gasteiger partial charge is 0.138 e. The minimum Gasteiger partial charge on any atom is -0.495 e. The molecule has 0 saturated carbocycles. The van der Waals surface area contributed by atoms with E-state index >= 15 is 0 Å². The van der Waals surface area contributed by atoms with E-state index < -0.39 is 0 Å². The van der Waals surface area contributed by atoms with Gasteiger partial charge in [0.05, 0.1) is 25.3 Å². The van der Waals surface area contributed by atoms with Crippen molar-refractivity contribution in [2.45, 2.75) is 0 Å². The third-order valence-corrected chi connectivity index (χ3v) is 1.76. The molecule has 1 rings (SSSR count). The Kier molecular flexibility index (Phi) is 2.93. The van der Waals surface area contributed by atoms with Crippen LogP contribution >= 0.6 is 0 Å². The van der Waals surface area contributed by atoms with Crippen LogP contribution in [0.4, 0.5) is 0 Å². The SMILES string of the molecule is COc1cc(C#N)c(OC)cc1C#N. The number of nitriles is 2. The third-order valence-electron chi connectivity index (χ3n) is 1.76. The molecule has 0 aliphatic carbocycles. The van der Waals surface area contributed by atoms with Gasteiger partial charge in [-0.1, -0.05) is 0 Å². The Morgan fingerprint density at radius 3 is 1.50 bits per heavy atom. The number of hydrogen-bond acceptors (Lipinski definition) is 4. The molecule has 0 aromatic heterocycles. The Bertz CT molecular complexity index is 385. The summed E-state index contributed by atoms with van der Waals surface area (Å²) in [5, 5.41) is 17.5. The zero-order valence-corrected chi connectivity index (χ0v) is 7.87. The average molecular weight is 188 g/mol. The monoisotopic (exact) mass is 188 g/mol. The largest absolute Gasteiger partial charge is 0.495 e. The van der Waals surface area contributed by atoms with E-state index in [-0.39, 0.29) is 0 Å². The van der Waals surface area contributed by atoms with Gasteiger partial charge in [0, 0.05) is 12.1 Å². The Labute approximate surface area is 81.9 Å². The lowest BCUT2D eigenvalue weighted by atomic mass is 10.1. The van der Waals surface area contributed by atoms with Gasteiger partial charge in [0.15, 0.2) is 0 Å². The Hall–Kier alpha value is -2.20. The number of rotatable bonds is 2.